The number of benzene rings is 1. The highest BCUT2D eigenvalue weighted by Gasteiger charge is 2.40. The van der Waals surface area contributed by atoms with E-state index in [-0.39, 0.29) is 12.4 Å². The summed E-state index contributed by atoms with van der Waals surface area (Å²) in [5.41, 5.74) is 4.95. The Morgan fingerprint density at radius 3 is 3.04 bits per heavy atom. The summed E-state index contributed by atoms with van der Waals surface area (Å²) in [4.78, 5) is 4.14. The van der Waals surface area contributed by atoms with E-state index in [4.69, 9.17) is 11.6 Å². The average Bonchev–Trinajstić information content (AvgIpc) is 3.01. The van der Waals surface area contributed by atoms with Gasteiger partial charge in [0.1, 0.15) is 0 Å². The van der Waals surface area contributed by atoms with Crippen molar-refractivity contribution in [2.75, 3.05) is 0 Å². The van der Waals surface area contributed by atoms with Gasteiger partial charge in [-0.2, -0.15) is 0 Å². The molecule has 2 aromatic rings. The maximum absolute atomic E-state index is 6.57. The molecule has 0 saturated heterocycles. The van der Waals surface area contributed by atoms with Crippen LogP contribution in [0.5, 0.6) is 0 Å². The maximum Gasteiger partial charge on any atom is 0.0945 e. The summed E-state index contributed by atoms with van der Waals surface area (Å²) < 4.78 is 2.19. The van der Waals surface area contributed by atoms with E-state index in [2.05, 4.69) is 34.8 Å². The van der Waals surface area contributed by atoms with Crippen LogP contribution in [0.2, 0.25) is 5.02 Å². The second kappa shape index (κ2) is 6.49. The molecule has 0 amide bonds. The van der Waals surface area contributed by atoms with Gasteiger partial charge in [-0.15, -0.1) is 12.4 Å². The minimum atomic E-state index is 0. The van der Waals surface area contributed by atoms with Crippen molar-refractivity contribution in [2.24, 2.45) is 5.92 Å². The molecule has 0 fully saturated rings. The van der Waals surface area contributed by atoms with Crippen molar-refractivity contribution in [3.63, 3.8) is 0 Å². The zero-order chi connectivity index (χ0) is 15.2. The summed E-state index contributed by atoms with van der Waals surface area (Å²) in [6.45, 7) is 3.53. The summed E-state index contributed by atoms with van der Waals surface area (Å²) in [6.07, 6.45) is 13.4. The molecule has 0 aliphatic heterocycles. The summed E-state index contributed by atoms with van der Waals surface area (Å²) in [5, 5.41) is 0.985. The third-order valence-electron chi connectivity index (χ3n) is 5.71. The van der Waals surface area contributed by atoms with Crippen LogP contribution >= 0.6 is 24.0 Å². The lowest BCUT2D eigenvalue weighted by molar-refractivity contribution is 0.255. The Bertz CT molecular complexity index is 681. The molecule has 1 aromatic carbocycles. The highest BCUT2D eigenvalue weighted by atomic mass is 35.5. The Morgan fingerprint density at radius 2 is 2.26 bits per heavy atom. The van der Waals surface area contributed by atoms with Gasteiger partial charge in [0.2, 0.25) is 0 Å². The first-order chi connectivity index (χ1) is 10.7. The smallest absolute Gasteiger partial charge is 0.0945 e. The molecule has 23 heavy (non-hydrogen) atoms. The molecule has 124 valence electrons. The number of halogens is 2. The monoisotopic (exact) mass is 350 g/mol. The molecule has 0 spiro atoms. The topological polar surface area (TPSA) is 17.8 Å². The molecule has 0 N–H and O–H groups in total. The number of hydrogen-bond donors (Lipinski definition) is 0. The van der Waals surface area contributed by atoms with Gasteiger partial charge in [0, 0.05) is 24.0 Å². The molecule has 0 bridgehead atoms. The van der Waals surface area contributed by atoms with Crippen molar-refractivity contribution < 1.29 is 0 Å². The van der Waals surface area contributed by atoms with Crippen LogP contribution in [0.25, 0.3) is 0 Å². The van der Waals surface area contributed by atoms with E-state index >= 15 is 0 Å². The Kier molecular flexibility index (Phi) is 4.75. The molecule has 2 aliphatic rings. The Morgan fingerprint density at radius 1 is 1.39 bits per heavy atom. The third kappa shape index (κ3) is 3.04. The van der Waals surface area contributed by atoms with Gasteiger partial charge in [-0.25, -0.2) is 4.98 Å². The van der Waals surface area contributed by atoms with E-state index in [0.717, 1.165) is 23.9 Å². The number of aromatic nitrogens is 2. The third-order valence-corrected chi connectivity index (χ3v) is 6.06. The molecular formula is C19H24Cl2N2. The largest absolute Gasteiger partial charge is 0.337 e. The lowest BCUT2D eigenvalue weighted by Crippen LogP contribution is -2.36. The van der Waals surface area contributed by atoms with Crippen LogP contribution in [-0.4, -0.2) is 9.55 Å². The normalized spacial score (nSPS) is 25.6. The van der Waals surface area contributed by atoms with E-state index < -0.39 is 0 Å². The van der Waals surface area contributed by atoms with E-state index in [0.29, 0.717) is 5.41 Å². The Labute approximate surface area is 149 Å². The summed E-state index contributed by atoms with van der Waals surface area (Å²) >= 11 is 6.57. The summed E-state index contributed by atoms with van der Waals surface area (Å²) in [7, 11) is 0. The van der Waals surface area contributed by atoms with E-state index in [9.17, 15) is 0 Å². The van der Waals surface area contributed by atoms with Crippen molar-refractivity contribution in [1.82, 2.24) is 9.55 Å². The molecule has 4 rings (SSSR count). The lowest BCUT2D eigenvalue weighted by Gasteiger charge is -2.44. The minimum Gasteiger partial charge on any atom is -0.337 e. The molecule has 1 aromatic heterocycles. The Hall–Kier alpha value is -0.990. The molecule has 0 unspecified atom stereocenters. The fourth-order valence-electron chi connectivity index (χ4n) is 4.78. The number of rotatable bonds is 3. The van der Waals surface area contributed by atoms with E-state index in [1.165, 1.54) is 37.7 Å². The van der Waals surface area contributed by atoms with E-state index in [1.54, 1.807) is 11.1 Å². The predicted octanol–water partition coefficient (Wildman–Crippen LogP) is 5.21. The van der Waals surface area contributed by atoms with Gasteiger partial charge in [0.05, 0.1) is 6.33 Å². The first kappa shape index (κ1) is 16.9. The average molecular weight is 351 g/mol. The lowest BCUT2D eigenvalue weighted by atomic mass is 9.60. The first-order valence-electron chi connectivity index (χ1n) is 8.42. The van der Waals surface area contributed by atoms with E-state index in [1.807, 2.05) is 12.5 Å². The van der Waals surface area contributed by atoms with Crippen LogP contribution in [0.3, 0.4) is 0 Å². The first-order valence-corrected chi connectivity index (χ1v) is 8.80. The minimum absolute atomic E-state index is 0. The van der Waals surface area contributed by atoms with Crippen LogP contribution in [0, 0.1) is 5.92 Å². The summed E-state index contributed by atoms with van der Waals surface area (Å²) in [6, 6.07) is 4.39. The van der Waals surface area contributed by atoms with Gasteiger partial charge in [-0.05, 0) is 72.6 Å². The van der Waals surface area contributed by atoms with Crippen molar-refractivity contribution in [3.05, 3.63) is 52.6 Å². The van der Waals surface area contributed by atoms with Crippen LogP contribution in [0.15, 0.2) is 30.9 Å². The number of nitrogens with zero attached hydrogens (tertiary/aromatic N) is 2. The molecular weight excluding hydrogens is 327 g/mol. The van der Waals surface area contributed by atoms with Gasteiger partial charge < -0.3 is 4.57 Å². The molecule has 0 saturated carbocycles. The van der Waals surface area contributed by atoms with Crippen LogP contribution in [0.4, 0.5) is 0 Å². The summed E-state index contributed by atoms with van der Waals surface area (Å²) in [5.74, 6) is 0.728. The highest BCUT2D eigenvalue weighted by Crippen LogP contribution is 2.50. The van der Waals surface area contributed by atoms with Crippen molar-refractivity contribution in [2.45, 2.75) is 57.4 Å². The van der Waals surface area contributed by atoms with Gasteiger partial charge in [0.25, 0.3) is 0 Å². The molecule has 2 atom stereocenters. The second-order valence-electron chi connectivity index (χ2n) is 7.34. The second-order valence-corrected chi connectivity index (χ2v) is 7.74. The van der Waals surface area contributed by atoms with Gasteiger partial charge in [-0.1, -0.05) is 24.6 Å². The quantitative estimate of drug-likeness (QED) is 0.743. The van der Waals surface area contributed by atoms with Gasteiger partial charge in [0.15, 0.2) is 0 Å². The van der Waals surface area contributed by atoms with Crippen LogP contribution < -0.4 is 0 Å². The zero-order valence-corrected chi connectivity index (χ0v) is 15.2. The van der Waals surface area contributed by atoms with Crippen LogP contribution in [-0.2, 0) is 24.8 Å². The maximum atomic E-state index is 6.57. The Balaban J connectivity index is 0.00000156. The van der Waals surface area contributed by atoms with Gasteiger partial charge in [-0.3, -0.25) is 0 Å². The van der Waals surface area contributed by atoms with Gasteiger partial charge >= 0.3 is 0 Å². The van der Waals surface area contributed by atoms with Crippen molar-refractivity contribution in [1.29, 1.82) is 0 Å². The SMILES string of the molecule is C[C@@]12CCCc3ccc(Cl)c(c31)C[C@H](CCn1ccnc1)C2.Cl. The number of imidazole rings is 1. The standard InChI is InChI=1S/C19H23ClN2.ClH/c1-19-7-2-3-15-4-5-17(20)16(18(15)19)11-14(12-19)6-9-22-10-8-21-13-22;/h4-5,8,10,13-14H,2-3,6-7,9,11-12H2,1H3;1H/t14-,19-;/m0./s1. The molecule has 0 radical (unpaired) electrons. The molecule has 2 nitrogen and oxygen atoms in total. The highest BCUT2D eigenvalue weighted by molar-refractivity contribution is 6.31. The number of hydrogen-bond acceptors (Lipinski definition) is 1. The molecule has 1 heterocycles. The van der Waals surface area contributed by atoms with Crippen LogP contribution in [0.1, 0.15) is 49.3 Å². The fourth-order valence-corrected chi connectivity index (χ4v) is 5.02. The number of aryl methyl sites for hydroxylation is 2. The predicted molar refractivity (Wildman–Crippen MR) is 97.6 cm³/mol. The molecule has 2 aliphatic carbocycles. The fraction of sp³-hybridized carbons (Fsp3) is 0.526. The van der Waals surface area contributed by atoms with Crippen molar-refractivity contribution in [3.8, 4) is 0 Å². The van der Waals surface area contributed by atoms with Crippen molar-refractivity contribution >= 4 is 24.0 Å². The zero-order valence-electron chi connectivity index (χ0n) is 13.6. The molecule has 4 heteroatoms.